The number of H-pyrrole nitrogens is 1. The zero-order valence-electron chi connectivity index (χ0n) is 21.2. The maximum Gasteiger partial charge on any atom is 0.258 e. The summed E-state index contributed by atoms with van der Waals surface area (Å²) < 4.78 is 0. The molecule has 0 aliphatic carbocycles. The molecular weight excluding hydrogens is 474 g/mol. The number of aromatic nitrogens is 2. The van der Waals surface area contributed by atoms with Gasteiger partial charge in [0.25, 0.3) is 11.8 Å². The first-order valence-electron chi connectivity index (χ1n) is 13.0. The molecule has 2 aromatic carbocycles. The number of rotatable bonds is 5. The third kappa shape index (κ3) is 4.41. The number of nitrogens with zero attached hydrogens (tertiary/aromatic N) is 1. The van der Waals surface area contributed by atoms with Crippen LogP contribution in [0.2, 0.25) is 0 Å². The standard InChI is InChI=1S/C31H29N5O2/c1-19-27(31(38)35-22-12-16-33-17-13-22)28(21-6-3-2-4-7-21)26(34-19)18-24-29-23(20-10-14-32-15-11-20)8-5-9-25(29)36-30(24)37/h2-9,12-13,16-18,20,32,34H,10-11,14-15H2,1H3,(H,36,37)(H,33,35,38). The van der Waals surface area contributed by atoms with Crippen molar-refractivity contribution in [2.24, 2.45) is 0 Å². The van der Waals surface area contributed by atoms with E-state index in [1.54, 1.807) is 24.5 Å². The lowest BCUT2D eigenvalue weighted by Crippen LogP contribution is -2.27. The molecule has 4 N–H and O–H groups in total. The molecule has 0 radical (unpaired) electrons. The van der Waals surface area contributed by atoms with E-state index in [1.165, 1.54) is 5.56 Å². The molecule has 2 aromatic heterocycles. The predicted molar refractivity (Wildman–Crippen MR) is 151 cm³/mol. The molecule has 7 nitrogen and oxygen atoms in total. The number of carbonyl (C=O) groups is 2. The van der Waals surface area contributed by atoms with Crippen LogP contribution < -0.4 is 16.0 Å². The second kappa shape index (κ2) is 10.1. The Bertz CT molecular complexity index is 1530. The lowest BCUT2D eigenvalue weighted by molar-refractivity contribution is -0.110. The fourth-order valence-corrected chi connectivity index (χ4v) is 5.61. The predicted octanol–water partition coefficient (Wildman–Crippen LogP) is 5.60. The molecule has 0 atom stereocenters. The summed E-state index contributed by atoms with van der Waals surface area (Å²) in [5.74, 6) is 0.0403. The summed E-state index contributed by atoms with van der Waals surface area (Å²) in [7, 11) is 0. The third-order valence-corrected chi connectivity index (χ3v) is 7.37. The van der Waals surface area contributed by atoms with Crippen LogP contribution in [0.25, 0.3) is 22.8 Å². The van der Waals surface area contributed by atoms with E-state index in [4.69, 9.17) is 0 Å². The van der Waals surface area contributed by atoms with Gasteiger partial charge in [0.05, 0.1) is 11.1 Å². The van der Waals surface area contributed by atoms with E-state index >= 15 is 0 Å². The van der Waals surface area contributed by atoms with Crippen LogP contribution in [0.15, 0.2) is 73.1 Å². The van der Waals surface area contributed by atoms with Gasteiger partial charge in [-0.15, -0.1) is 0 Å². The summed E-state index contributed by atoms with van der Waals surface area (Å²) >= 11 is 0. The molecule has 2 amide bonds. The van der Waals surface area contributed by atoms with Gasteiger partial charge in [-0.25, -0.2) is 0 Å². The lowest BCUT2D eigenvalue weighted by Gasteiger charge is -2.25. The molecule has 2 aliphatic heterocycles. The number of amides is 2. The lowest BCUT2D eigenvalue weighted by atomic mass is 9.84. The Balaban J connectivity index is 1.49. The molecule has 0 bridgehead atoms. The van der Waals surface area contributed by atoms with Crippen molar-refractivity contribution in [3.05, 3.63) is 101 Å². The number of benzene rings is 2. The van der Waals surface area contributed by atoms with Gasteiger partial charge in [0.2, 0.25) is 0 Å². The first-order chi connectivity index (χ1) is 18.6. The smallest absolute Gasteiger partial charge is 0.258 e. The van der Waals surface area contributed by atoms with Crippen molar-refractivity contribution in [2.75, 3.05) is 23.7 Å². The van der Waals surface area contributed by atoms with E-state index in [0.717, 1.165) is 59.7 Å². The van der Waals surface area contributed by atoms with Crippen LogP contribution in [0.4, 0.5) is 11.4 Å². The molecule has 190 valence electrons. The third-order valence-electron chi connectivity index (χ3n) is 7.37. The van der Waals surface area contributed by atoms with E-state index < -0.39 is 0 Å². The Morgan fingerprint density at radius 3 is 2.50 bits per heavy atom. The highest BCUT2D eigenvalue weighted by Gasteiger charge is 2.31. The van der Waals surface area contributed by atoms with E-state index in [1.807, 2.05) is 55.5 Å². The van der Waals surface area contributed by atoms with Crippen molar-refractivity contribution in [1.29, 1.82) is 0 Å². The number of hydrogen-bond acceptors (Lipinski definition) is 4. The molecule has 1 saturated heterocycles. The molecule has 1 fully saturated rings. The van der Waals surface area contributed by atoms with Gasteiger partial charge in [-0.3, -0.25) is 14.6 Å². The zero-order chi connectivity index (χ0) is 26.1. The highest BCUT2D eigenvalue weighted by Crippen LogP contribution is 2.42. The molecule has 0 unspecified atom stereocenters. The fraction of sp³-hybridized carbons (Fsp3) is 0.194. The molecule has 4 aromatic rings. The number of aryl methyl sites for hydroxylation is 1. The van der Waals surface area contributed by atoms with Gasteiger partial charge >= 0.3 is 0 Å². The number of nitrogens with one attached hydrogen (secondary N) is 4. The van der Waals surface area contributed by atoms with Crippen LogP contribution in [0.3, 0.4) is 0 Å². The average Bonchev–Trinajstić information content (AvgIpc) is 3.45. The van der Waals surface area contributed by atoms with E-state index in [9.17, 15) is 9.59 Å². The SMILES string of the molecule is Cc1[nH]c(C=C2C(=O)Nc3cccc(C4CCNCC4)c32)c(-c2ccccc2)c1C(=O)Nc1ccncc1. The molecule has 2 aliphatic rings. The minimum Gasteiger partial charge on any atom is -0.358 e. The first kappa shape index (κ1) is 23.9. The first-order valence-corrected chi connectivity index (χ1v) is 13.0. The quantitative estimate of drug-likeness (QED) is 0.267. The minimum absolute atomic E-state index is 0.129. The molecule has 6 rings (SSSR count). The second-order valence-corrected chi connectivity index (χ2v) is 9.78. The fourth-order valence-electron chi connectivity index (χ4n) is 5.61. The van der Waals surface area contributed by atoms with Crippen molar-refractivity contribution in [2.45, 2.75) is 25.7 Å². The van der Waals surface area contributed by atoms with Crippen molar-refractivity contribution in [3.63, 3.8) is 0 Å². The van der Waals surface area contributed by atoms with Crippen molar-refractivity contribution in [3.8, 4) is 11.1 Å². The number of fused-ring (bicyclic) bond motifs is 1. The Morgan fingerprint density at radius 2 is 1.74 bits per heavy atom. The van der Waals surface area contributed by atoms with Crippen LogP contribution >= 0.6 is 0 Å². The Morgan fingerprint density at radius 1 is 0.974 bits per heavy atom. The zero-order valence-corrected chi connectivity index (χ0v) is 21.2. The molecular formula is C31H29N5O2. The summed E-state index contributed by atoms with van der Waals surface area (Å²) in [5, 5.41) is 9.48. The largest absolute Gasteiger partial charge is 0.358 e. The summed E-state index contributed by atoms with van der Waals surface area (Å²) in [4.78, 5) is 34.3. The summed E-state index contributed by atoms with van der Waals surface area (Å²) in [5.41, 5.74) is 7.97. The second-order valence-electron chi connectivity index (χ2n) is 9.78. The summed E-state index contributed by atoms with van der Waals surface area (Å²) in [6.07, 6.45) is 7.26. The number of hydrogen-bond donors (Lipinski definition) is 4. The Kier molecular flexibility index (Phi) is 6.35. The highest BCUT2D eigenvalue weighted by atomic mass is 16.2. The van der Waals surface area contributed by atoms with Crippen molar-refractivity contribution < 1.29 is 9.59 Å². The van der Waals surface area contributed by atoms with Crippen LogP contribution in [-0.4, -0.2) is 34.9 Å². The minimum atomic E-state index is -0.222. The van der Waals surface area contributed by atoms with Gasteiger partial charge < -0.3 is 20.9 Å². The van der Waals surface area contributed by atoms with E-state index in [-0.39, 0.29) is 11.8 Å². The van der Waals surface area contributed by atoms with E-state index in [0.29, 0.717) is 22.7 Å². The molecule has 0 spiro atoms. The van der Waals surface area contributed by atoms with Gasteiger partial charge in [0.15, 0.2) is 0 Å². The summed E-state index contributed by atoms with van der Waals surface area (Å²) in [6.45, 7) is 3.83. The number of anilines is 2. The van der Waals surface area contributed by atoms with Gasteiger partial charge in [-0.05, 0) is 74.2 Å². The van der Waals surface area contributed by atoms with Gasteiger partial charge in [-0.1, -0.05) is 42.5 Å². The van der Waals surface area contributed by atoms with Crippen LogP contribution in [0.5, 0.6) is 0 Å². The maximum absolute atomic E-state index is 13.5. The molecule has 0 saturated carbocycles. The topological polar surface area (TPSA) is 98.9 Å². The number of carbonyl (C=O) groups excluding carboxylic acids is 2. The Hall–Kier alpha value is -4.49. The van der Waals surface area contributed by atoms with Gasteiger partial charge in [-0.2, -0.15) is 0 Å². The summed E-state index contributed by atoms with van der Waals surface area (Å²) in [6, 6.07) is 19.5. The maximum atomic E-state index is 13.5. The van der Waals surface area contributed by atoms with Crippen LogP contribution in [0, 0.1) is 6.92 Å². The average molecular weight is 504 g/mol. The van der Waals surface area contributed by atoms with Gasteiger partial charge in [0.1, 0.15) is 0 Å². The van der Waals surface area contributed by atoms with Crippen LogP contribution in [-0.2, 0) is 4.79 Å². The number of piperidine rings is 1. The highest BCUT2D eigenvalue weighted by molar-refractivity contribution is 6.35. The molecule has 38 heavy (non-hydrogen) atoms. The molecule has 4 heterocycles. The monoisotopic (exact) mass is 503 g/mol. The number of pyridine rings is 1. The Labute approximate surface area is 221 Å². The van der Waals surface area contributed by atoms with Crippen molar-refractivity contribution >= 4 is 34.8 Å². The normalized spacial score (nSPS) is 16.3. The van der Waals surface area contributed by atoms with Crippen LogP contribution in [0.1, 0.15) is 51.6 Å². The number of aromatic amines is 1. The van der Waals surface area contributed by atoms with Gasteiger partial charge in [0, 0.05) is 46.3 Å². The molecule has 7 heteroatoms. The van der Waals surface area contributed by atoms with E-state index in [2.05, 4.69) is 32.0 Å². The van der Waals surface area contributed by atoms with Crippen molar-refractivity contribution in [1.82, 2.24) is 15.3 Å².